The molecule has 2 rings (SSSR count). The number of hydrogen-bond donors (Lipinski definition) is 1. The van der Waals surface area contributed by atoms with Crippen molar-refractivity contribution < 1.29 is 9.53 Å². The van der Waals surface area contributed by atoms with E-state index < -0.39 is 0 Å². The van der Waals surface area contributed by atoms with Gasteiger partial charge in [0.15, 0.2) is 6.10 Å². The maximum absolute atomic E-state index is 11.9. The molecule has 0 radical (unpaired) electrons. The third-order valence-electron chi connectivity index (χ3n) is 3.43. The summed E-state index contributed by atoms with van der Waals surface area (Å²) in [4.78, 5) is 13.6. The Morgan fingerprint density at radius 3 is 2.65 bits per heavy atom. The molecular weight excluding hydrogens is 252 g/mol. The lowest BCUT2D eigenvalue weighted by Gasteiger charge is -2.22. The highest BCUT2D eigenvalue weighted by Crippen LogP contribution is 2.23. The van der Waals surface area contributed by atoms with Gasteiger partial charge in [-0.25, -0.2) is 0 Å². The minimum atomic E-state index is -0.337. The van der Waals surface area contributed by atoms with Crippen LogP contribution in [0.3, 0.4) is 0 Å². The smallest absolute Gasteiger partial charge is 0.263 e. The van der Waals surface area contributed by atoms with Gasteiger partial charge in [0.25, 0.3) is 5.91 Å². The molecule has 0 aliphatic carbocycles. The quantitative estimate of drug-likeness (QED) is 0.916. The zero-order chi connectivity index (χ0) is 14.8. The van der Waals surface area contributed by atoms with E-state index in [1.807, 2.05) is 31.3 Å². The summed E-state index contributed by atoms with van der Waals surface area (Å²) in [6.07, 6.45) is 0.423. The number of carbonyl (C=O) groups excluding carboxylic acids is 1. The lowest BCUT2D eigenvalue weighted by Crippen LogP contribution is -2.35. The first-order valence-corrected chi connectivity index (χ1v) is 7.11. The third-order valence-corrected chi connectivity index (χ3v) is 3.43. The second kappa shape index (κ2) is 5.83. The number of rotatable bonds is 4. The van der Waals surface area contributed by atoms with E-state index in [-0.39, 0.29) is 17.6 Å². The van der Waals surface area contributed by atoms with Crippen LogP contribution < -0.4 is 10.1 Å². The van der Waals surface area contributed by atoms with Crippen molar-refractivity contribution in [3.05, 3.63) is 29.8 Å². The zero-order valence-corrected chi connectivity index (χ0v) is 12.8. The molecule has 0 saturated carbocycles. The molecule has 4 heteroatoms. The predicted molar refractivity (Wildman–Crippen MR) is 79.7 cm³/mol. The van der Waals surface area contributed by atoms with Crippen LogP contribution in [0.2, 0.25) is 0 Å². The van der Waals surface area contributed by atoms with Gasteiger partial charge in [-0.05, 0) is 26.8 Å². The van der Waals surface area contributed by atoms with Gasteiger partial charge in [0.2, 0.25) is 0 Å². The number of amides is 1. The zero-order valence-electron chi connectivity index (χ0n) is 12.8. The summed E-state index contributed by atoms with van der Waals surface area (Å²) in [6.45, 7) is 7.89. The van der Waals surface area contributed by atoms with E-state index in [9.17, 15) is 4.79 Å². The first-order chi connectivity index (χ1) is 9.37. The molecule has 110 valence electrons. The van der Waals surface area contributed by atoms with Crippen LogP contribution >= 0.6 is 0 Å². The minimum absolute atomic E-state index is 0.0521. The fourth-order valence-corrected chi connectivity index (χ4v) is 2.18. The number of nitrogens with one attached hydrogen (secondary N) is 1. The van der Waals surface area contributed by atoms with E-state index in [2.05, 4.69) is 26.1 Å². The highest BCUT2D eigenvalue weighted by atomic mass is 16.5. The summed E-state index contributed by atoms with van der Waals surface area (Å²) >= 11 is 0. The number of benzene rings is 1. The van der Waals surface area contributed by atoms with Crippen molar-refractivity contribution in [2.24, 2.45) is 0 Å². The minimum Gasteiger partial charge on any atom is -0.480 e. The predicted octanol–water partition coefficient (Wildman–Crippen LogP) is 2.18. The second-order valence-corrected chi connectivity index (χ2v) is 6.37. The highest BCUT2D eigenvalue weighted by Gasteiger charge is 2.31. The van der Waals surface area contributed by atoms with E-state index >= 15 is 0 Å². The molecule has 4 nitrogen and oxygen atoms in total. The summed E-state index contributed by atoms with van der Waals surface area (Å²) < 4.78 is 5.92. The number of likely N-dealkylation sites (N-methyl/N-ethyl adjacent to an activating group) is 1. The Morgan fingerprint density at radius 2 is 2.05 bits per heavy atom. The number of para-hydroxylation sites is 1. The number of nitrogens with zero attached hydrogens (tertiary/aromatic N) is 1. The van der Waals surface area contributed by atoms with Crippen LogP contribution in [0.5, 0.6) is 5.75 Å². The largest absolute Gasteiger partial charge is 0.480 e. The van der Waals surface area contributed by atoms with Crippen LogP contribution in [0, 0.1) is 0 Å². The van der Waals surface area contributed by atoms with Gasteiger partial charge in [-0.3, -0.25) is 4.79 Å². The summed E-state index contributed by atoms with van der Waals surface area (Å²) in [6, 6.07) is 7.91. The molecule has 0 bridgehead atoms. The Bertz CT molecular complexity index is 480. The lowest BCUT2D eigenvalue weighted by molar-refractivity contribution is -0.132. The van der Waals surface area contributed by atoms with Crippen molar-refractivity contribution in [1.29, 1.82) is 0 Å². The first-order valence-electron chi connectivity index (χ1n) is 7.11. The molecule has 1 saturated heterocycles. The number of hydrogen-bond acceptors (Lipinski definition) is 3. The van der Waals surface area contributed by atoms with E-state index in [4.69, 9.17) is 4.74 Å². The summed E-state index contributed by atoms with van der Waals surface area (Å²) in [5.41, 5.74) is 1.14. The molecule has 1 heterocycles. The van der Waals surface area contributed by atoms with E-state index in [1.165, 1.54) is 0 Å². The molecule has 1 aliphatic rings. The van der Waals surface area contributed by atoms with Crippen molar-refractivity contribution >= 4 is 5.91 Å². The molecule has 20 heavy (non-hydrogen) atoms. The van der Waals surface area contributed by atoms with Crippen LogP contribution in [-0.2, 0) is 11.3 Å². The van der Waals surface area contributed by atoms with Crippen LogP contribution in [0.1, 0.15) is 32.8 Å². The Morgan fingerprint density at radius 1 is 1.35 bits per heavy atom. The molecule has 1 aromatic rings. The van der Waals surface area contributed by atoms with Gasteiger partial charge < -0.3 is 15.0 Å². The van der Waals surface area contributed by atoms with Crippen LogP contribution in [0.25, 0.3) is 0 Å². The molecule has 1 unspecified atom stereocenters. The second-order valence-electron chi connectivity index (χ2n) is 6.37. The Kier molecular flexibility index (Phi) is 4.33. The molecule has 1 N–H and O–H groups in total. The van der Waals surface area contributed by atoms with Crippen LogP contribution in [0.4, 0.5) is 0 Å². The summed E-state index contributed by atoms with van der Waals surface area (Å²) in [7, 11) is 1.82. The molecular formula is C16H24N2O2. The number of likely N-dealkylation sites (tertiary alicyclic amines) is 1. The van der Waals surface area contributed by atoms with Crippen molar-refractivity contribution in [2.75, 3.05) is 13.6 Å². The van der Waals surface area contributed by atoms with Crippen molar-refractivity contribution in [3.8, 4) is 5.75 Å². The van der Waals surface area contributed by atoms with Crippen LogP contribution in [-0.4, -0.2) is 36.0 Å². The van der Waals surface area contributed by atoms with Crippen molar-refractivity contribution in [3.63, 3.8) is 0 Å². The normalized spacial score (nSPS) is 19.5. The Hall–Kier alpha value is -1.55. The fraction of sp³-hybridized carbons (Fsp3) is 0.562. The van der Waals surface area contributed by atoms with Gasteiger partial charge in [-0.2, -0.15) is 0 Å². The van der Waals surface area contributed by atoms with Crippen LogP contribution in [0.15, 0.2) is 24.3 Å². The van der Waals surface area contributed by atoms with Gasteiger partial charge >= 0.3 is 0 Å². The van der Waals surface area contributed by atoms with Gasteiger partial charge in [-0.1, -0.05) is 18.2 Å². The van der Waals surface area contributed by atoms with Gasteiger partial charge in [0.05, 0.1) is 0 Å². The van der Waals surface area contributed by atoms with Gasteiger partial charge in [0.1, 0.15) is 5.75 Å². The van der Waals surface area contributed by atoms with Gasteiger partial charge in [0, 0.05) is 37.7 Å². The average Bonchev–Trinajstić information content (AvgIpc) is 2.69. The molecule has 1 fully saturated rings. The SMILES string of the molecule is CN1CCC(Oc2ccccc2CNC(C)(C)C)C1=O. The summed E-state index contributed by atoms with van der Waals surface area (Å²) in [5, 5.41) is 3.45. The standard InChI is InChI=1S/C16H24N2O2/c1-16(2,3)17-11-12-7-5-6-8-13(12)20-14-9-10-18(4)15(14)19/h5-8,14,17H,9-11H2,1-4H3. The Balaban J connectivity index is 2.06. The maximum Gasteiger partial charge on any atom is 0.263 e. The van der Waals surface area contributed by atoms with Gasteiger partial charge in [-0.15, -0.1) is 0 Å². The number of ether oxygens (including phenoxy) is 1. The Labute approximate surface area is 121 Å². The number of carbonyl (C=O) groups is 1. The molecule has 1 aromatic carbocycles. The molecule has 1 amide bonds. The van der Waals surface area contributed by atoms with E-state index in [0.29, 0.717) is 0 Å². The van der Waals surface area contributed by atoms with Crippen molar-refractivity contribution in [1.82, 2.24) is 10.2 Å². The maximum atomic E-state index is 11.9. The van der Waals surface area contributed by atoms with E-state index in [0.717, 1.165) is 30.8 Å². The fourth-order valence-electron chi connectivity index (χ4n) is 2.18. The molecule has 0 aromatic heterocycles. The third kappa shape index (κ3) is 3.73. The lowest BCUT2D eigenvalue weighted by atomic mass is 10.1. The van der Waals surface area contributed by atoms with E-state index in [1.54, 1.807) is 4.90 Å². The first kappa shape index (κ1) is 14.9. The molecule has 0 spiro atoms. The highest BCUT2D eigenvalue weighted by molar-refractivity contribution is 5.83. The molecule has 1 aliphatic heterocycles. The topological polar surface area (TPSA) is 41.6 Å². The van der Waals surface area contributed by atoms with Crippen molar-refractivity contribution in [2.45, 2.75) is 45.4 Å². The average molecular weight is 276 g/mol. The summed E-state index contributed by atoms with van der Waals surface area (Å²) in [5.74, 6) is 0.876. The molecule has 1 atom stereocenters. The monoisotopic (exact) mass is 276 g/mol.